The molecule has 0 N–H and O–H groups in total. The van der Waals surface area contributed by atoms with Gasteiger partial charge in [0, 0.05) is 37.5 Å². The average Bonchev–Trinajstić information content (AvgIpc) is 2.80. The number of halogens is 2. The molecule has 34 heavy (non-hydrogen) atoms. The SMILES string of the molecule is CN1C(=O)N(c2c(F)cc(C#Cc3ccccc3)cc2F)C(=O)C[C@@]1(C)c1ccn(C)c(=O)c1. The molecule has 1 atom stereocenters. The van der Waals surface area contributed by atoms with Crippen molar-refractivity contribution in [3.05, 3.63) is 99.5 Å². The number of benzene rings is 2. The predicted octanol–water partition coefficient (Wildman–Crippen LogP) is 3.77. The molecule has 8 heteroatoms. The van der Waals surface area contributed by atoms with Crippen LogP contribution in [0.3, 0.4) is 0 Å². The number of nitrogens with zero attached hydrogens (tertiary/aromatic N) is 3. The monoisotopic (exact) mass is 461 g/mol. The average molecular weight is 461 g/mol. The van der Waals surface area contributed by atoms with Crippen LogP contribution >= 0.6 is 0 Å². The molecule has 1 fully saturated rings. The van der Waals surface area contributed by atoms with Crippen LogP contribution in [0.5, 0.6) is 0 Å². The first-order chi connectivity index (χ1) is 16.1. The lowest BCUT2D eigenvalue weighted by molar-refractivity contribution is -0.122. The van der Waals surface area contributed by atoms with Crippen molar-refractivity contribution in [2.75, 3.05) is 11.9 Å². The highest BCUT2D eigenvalue weighted by Crippen LogP contribution is 2.38. The zero-order valence-electron chi connectivity index (χ0n) is 18.8. The molecule has 1 aliphatic rings. The first-order valence-corrected chi connectivity index (χ1v) is 10.5. The minimum absolute atomic E-state index is 0.0674. The molecule has 0 unspecified atom stereocenters. The number of carbonyl (C=O) groups excluding carboxylic acids is 2. The highest BCUT2D eigenvalue weighted by atomic mass is 19.1. The molecule has 2 heterocycles. The Bertz CT molecular complexity index is 1400. The Kier molecular flexibility index (Phi) is 5.80. The van der Waals surface area contributed by atoms with E-state index in [2.05, 4.69) is 11.8 Å². The zero-order chi connectivity index (χ0) is 24.6. The van der Waals surface area contributed by atoms with Crippen molar-refractivity contribution in [2.45, 2.75) is 18.9 Å². The second-order valence-corrected chi connectivity index (χ2v) is 8.29. The molecular weight excluding hydrogens is 440 g/mol. The number of hydrogen-bond acceptors (Lipinski definition) is 3. The number of imide groups is 1. The summed E-state index contributed by atoms with van der Waals surface area (Å²) in [6.45, 7) is 1.63. The summed E-state index contributed by atoms with van der Waals surface area (Å²) in [5.74, 6) is 2.56. The lowest BCUT2D eigenvalue weighted by atomic mass is 9.85. The van der Waals surface area contributed by atoms with Crippen molar-refractivity contribution in [2.24, 2.45) is 7.05 Å². The van der Waals surface area contributed by atoms with Gasteiger partial charge in [0.05, 0.1) is 12.0 Å². The summed E-state index contributed by atoms with van der Waals surface area (Å²) in [5, 5.41) is 0. The van der Waals surface area contributed by atoms with Gasteiger partial charge in [-0.15, -0.1) is 0 Å². The minimum atomic E-state index is -1.16. The Morgan fingerprint density at radius 3 is 2.12 bits per heavy atom. The van der Waals surface area contributed by atoms with E-state index in [4.69, 9.17) is 0 Å². The van der Waals surface area contributed by atoms with E-state index in [1.807, 2.05) is 6.07 Å². The van der Waals surface area contributed by atoms with Crippen LogP contribution in [0, 0.1) is 23.5 Å². The standard InChI is InChI=1S/C26H21F2N3O3/c1-26(19-11-12-29(2)22(32)15-19)16-23(33)31(25(34)30(26)3)24-20(27)13-18(14-21(24)28)10-9-17-7-5-4-6-8-17/h4-8,11-15H,16H2,1-3H3/t26-/m0/s1. The van der Waals surface area contributed by atoms with E-state index in [0.717, 1.165) is 12.1 Å². The van der Waals surface area contributed by atoms with E-state index in [9.17, 15) is 23.2 Å². The van der Waals surface area contributed by atoms with E-state index >= 15 is 0 Å². The lowest BCUT2D eigenvalue weighted by Gasteiger charge is -2.45. The van der Waals surface area contributed by atoms with Gasteiger partial charge in [-0.25, -0.2) is 18.5 Å². The fraction of sp³-hybridized carbons (Fsp3) is 0.192. The number of aryl methyl sites for hydroxylation is 1. The lowest BCUT2D eigenvalue weighted by Crippen LogP contribution is -2.60. The molecule has 0 bridgehead atoms. The van der Waals surface area contributed by atoms with Crippen LogP contribution in [0.25, 0.3) is 0 Å². The first kappa shape index (κ1) is 22.9. The summed E-state index contributed by atoms with van der Waals surface area (Å²) < 4.78 is 31.3. The molecule has 2 aromatic carbocycles. The minimum Gasteiger partial charge on any atom is -0.319 e. The van der Waals surface area contributed by atoms with E-state index in [0.29, 0.717) is 16.0 Å². The molecule has 0 aliphatic carbocycles. The van der Waals surface area contributed by atoms with Crippen molar-refractivity contribution in [3.63, 3.8) is 0 Å². The van der Waals surface area contributed by atoms with Gasteiger partial charge in [0.2, 0.25) is 5.91 Å². The van der Waals surface area contributed by atoms with Crippen LogP contribution in [-0.2, 0) is 17.4 Å². The zero-order valence-corrected chi connectivity index (χ0v) is 18.8. The van der Waals surface area contributed by atoms with Crippen molar-refractivity contribution in [1.29, 1.82) is 0 Å². The molecule has 1 aromatic heterocycles. The third-order valence-corrected chi connectivity index (χ3v) is 6.06. The van der Waals surface area contributed by atoms with Crippen LogP contribution in [0.15, 0.2) is 65.6 Å². The van der Waals surface area contributed by atoms with Gasteiger partial charge in [-0.05, 0) is 42.8 Å². The van der Waals surface area contributed by atoms with Gasteiger partial charge >= 0.3 is 6.03 Å². The number of rotatable bonds is 2. The van der Waals surface area contributed by atoms with Crippen LogP contribution in [0.2, 0.25) is 0 Å². The fourth-order valence-corrected chi connectivity index (χ4v) is 3.88. The van der Waals surface area contributed by atoms with Crippen molar-refractivity contribution >= 4 is 17.6 Å². The maximum absolute atomic E-state index is 15.0. The molecule has 6 nitrogen and oxygen atoms in total. The van der Waals surface area contributed by atoms with Gasteiger partial charge in [-0.3, -0.25) is 9.59 Å². The third kappa shape index (κ3) is 3.97. The number of urea groups is 1. The topological polar surface area (TPSA) is 62.6 Å². The summed E-state index contributed by atoms with van der Waals surface area (Å²) in [7, 11) is 3.01. The van der Waals surface area contributed by atoms with E-state index < -0.39 is 34.8 Å². The van der Waals surface area contributed by atoms with Gasteiger partial charge in [0.1, 0.15) is 5.69 Å². The van der Waals surface area contributed by atoms with Crippen molar-refractivity contribution in [3.8, 4) is 11.8 Å². The Morgan fingerprint density at radius 2 is 1.50 bits per heavy atom. The van der Waals surface area contributed by atoms with Crippen LogP contribution < -0.4 is 10.5 Å². The Balaban J connectivity index is 1.69. The maximum atomic E-state index is 15.0. The van der Waals surface area contributed by atoms with Gasteiger partial charge in [-0.1, -0.05) is 30.0 Å². The highest BCUT2D eigenvalue weighted by molar-refractivity contribution is 6.16. The Labute approximate surface area is 195 Å². The quantitative estimate of drug-likeness (QED) is 0.546. The third-order valence-electron chi connectivity index (χ3n) is 6.06. The summed E-state index contributed by atoms with van der Waals surface area (Å²) in [6.07, 6.45) is 1.27. The molecule has 3 aromatic rings. The smallest absolute Gasteiger partial charge is 0.319 e. The number of aromatic nitrogens is 1. The van der Waals surface area contributed by atoms with Gasteiger partial charge in [0.15, 0.2) is 11.6 Å². The van der Waals surface area contributed by atoms with Gasteiger partial charge < -0.3 is 9.47 Å². The maximum Gasteiger partial charge on any atom is 0.332 e. The van der Waals surface area contributed by atoms with Crippen LogP contribution in [-0.4, -0.2) is 28.5 Å². The van der Waals surface area contributed by atoms with Crippen molar-refractivity contribution in [1.82, 2.24) is 9.47 Å². The molecule has 1 saturated heterocycles. The molecular formula is C26H21F2N3O3. The number of pyridine rings is 1. The second-order valence-electron chi connectivity index (χ2n) is 8.29. The van der Waals surface area contributed by atoms with E-state index in [1.165, 1.54) is 28.8 Å². The second kappa shape index (κ2) is 8.60. The first-order valence-electron chi connectivity index (χ1n) is 10.5. The number of amides is 3. The molecule has 0 radical (unpaired) electrons. The summed E-state index contributed by atoms with van der Waals surface area (Å²) >= 11 is 0. The summed E-state index contributed by atoms with van der Waals surface area (Å²) in [6, 6.07) is 13.0. The fourth-order valence-electron chi connectivity index (χ4n) is 3.88. The van der Waals surface area contributed by atoms with Gasteiger partial charge in [0.25, 0.3) is 5.56 Å². The normalized spacial score (nSPS) is 18.0. The molecule has 4 rings (SSSR count). The Morgan fingerprint density at radius 1 is 0.882 bits per heavy atom. The number of carbonyl (C=O) groups is 2. The van der Waals surface area contributed by atoms with Crippen LogP contribution in [0.1, 0.15) is 30.0 Å². The molecule has 172 valence electrons. The number of anilines is 1. The molecule has 3 amide bonds. The van der Waals surface area contributed by atoms with Crippen LogP contribution in [0.4, 0.5) is 19.3 Å². The summed E-state index contributed by atoms with van der Waals surface area (Å²) in [4.78, 5) is 40.0. The molecule has 0 spiro atoms. The Hall–Kier alpha value is -4.25. The summed E-state index contributed by atoms with van der Waals surface area (Å²) in [5.41, 5.74) is -1.03. The largest absolute Gasteiger partial charge is 0.332 e. The van der Waals surface area contributed by atoms with Crippen molar-refractivity contribution < 1.29 is 18.4 Å². The highest BCUT2D eigenvalue weighted by Gasteiger charge is 2.47. The van der Waals surface area contributed by atoms with E-state index in [1.54, 1.807) is 44.3 Å². The molecule has 1 aliphatic heterocycles. The van der Waals surface area contributed by atoms with Gasteiger partial charge in [-0.2, -0.15) is 0 Å². The molecule has 0 saturated carbocycles. The van der Waals surface area contributed by atoms with E-state index in [-0.39, 0.29) is 17.5 Å². The predicted molar refractivity (Wildman–Crippen MR) is 123 cm³/mol. The number of hydrogen-bond donors (Lipinski definition) is 0.